The van der Waals surface area contributed by atoms with E-state index in [1.54, 1.807) is 0 Å². The largest absolute Gasteiger partial charge is 0.310 e. The van der Waals surface area contributed by atoms with E-state index in [0.717, 1.165) is 12.0 Å². The lowest BCUT2D eigenvalue weighted by atomic mass is 9.91. The third-order valence-electron chi connectivity index (χ3n) is 4.82. The standard InChI is InChI=1S/C15H31N3/c1-4-18-10-6-8-15(12-18)16-13(2)14-7-5-9-17(3)11-14/h13-16H,4-12H2,1-3H3. The normalized spacial score (nSPS) is 33.5. The van der Waals surface area contributed by atoms with Crippen molar-refractivity contribution in [3.63, 3.8) is 0 Å². The maximum atomic E-state index is 3.91. The van der Waals surface area contributed by atoms with E-state index in [-0.39, 0.29) is 0 Å². The molecule has 2 saturated heterocycles. The lowest BCUT2D eigenvalue weighted by Gasteiger charge is -2.38. The van der Waals surface area contributed by atoms with E-state index in [1.165, 1.54) is 58.4 Å². The summed E-state index contributed by atoms with van der Waals surface area (Å²) >= 11 is 0. The van der Waals surface area contributed by atoms with Gasteiger partial charge in [0.15, 0.2) is 0 Å². The summed E-state index contributed by atoms with van der Waals surface area (Å²) in [6, 6.07) is 1.40. The van der Waals surface area contributed by atoms with Crippen molar-refractivity contribution in [1.82, 2.24) is 15.1 Å². The van der Waals surface area contributed by atoms with Crippen molar-refractivity contribution >= 4 is 0 Å². The number of rotatable bonds is 4. The van der Waals surface area contributed by atoms with Crippen molar-refractivity contribution in [2.24, 2.45) is 5.92 Å². The van der Waals surface area contributed by atoms with Crippen molar-refractivity contribution in [2.75, 3.05) is 39.8 Å². The number of piperidine rings is 2. The highest BCUT2D eigenvalue weighted by Gasteiger charge is 2.26. The van der Waals surface area contributed by atoms with E-state index in [4.69, 9.17) is 0 Å². The number of likely N-dealkylation sites (N-methyl/N-ethyl adjacent to an activating group) is 1. The first-order chi connectivity index (χ1) is 8.69. The average molecular weight is 253 g/mol. The molecule has 3 heteroatoms. The molecule has 3 nitrogen and oxygen atoms in total. The zero-order chi connectivity index (χ0) is 13.0. The molecule has 18 heavy (non-hydrogen) atoms. The number of hydrogen-bond acceptors (Lipinski definition) is 3. The molecule has 106 valence electrons. The van der Waals surface area contributed by atoms with Crippen molar-refractivity contribution in [2.45, 2.75) is 51.6 Å². The van der Waals surface area contributed by atoms with Crippen molar-refractivity contribution < 1.29 is 0 Å². The van der Waals surface area contributed by atoms with Crippen molar-refractivity contribution in [3.05, 3.63) is 0 Å². The molecule has 0 bridgehead atoms. The van der Waals surface area contributed by atoms with Crippen molar-refractivity contribution in [1.29, 1.82) is 0 Å². The van der Waals surface area contributed by atoms with Crippen LogP contribution in [0.1, 0.15) is 39.5 Å². The van der Waals surface area contributed by atoms with Crippen LogP contribution in [0, 0.1) is 5.92 Å². The SMILES string of the molecule is CCN1CCCC(NC(C)C2CCCN(C)C2)C1. The Labute approximate surface area is 113 Å². The first kappa shape index (κ1) is 14.3. The summed E-state index contributed by atoms with van der Waals surface area (Å²) in [4.78, 5) is 5.08. The van der Waals surface area contributed by atoms with Gasteiger partial charge in [-0.25, -0.2) is 0 Å². The topological polar surface area (TPSA) is 18.5 Å². The summed E-state index contributed by atoms with van der Waals surface area (Å²) < 4.78 is 0. The monoisotopic (exact) mass is 253 g/mol. The first-order valence-corrected chi connectivity index (χ1v) is 7.86. The second kappa shape index (κ2) is 6.88. The van der Waals surface area contributed by atoms with Gasteiger partial charge in [0, 0.05) is 25.2 Å². The van der Waals surface area contributed by atoms with Gasteiger partial charge in [0.1, 0.15) is 0 Å². The zero-order valence-electron chi connectivity index (χ0n) is 12.5. The van der Waals surface area contributed by atoms with Crippen LogP contribution in [0.4, 0.5) is 0 Å². The molecule has 0 aromatic rings. The fraction of sp³-hybridized carbons (Fsp3) is 1.00. The average Bonchev–Trinajstić information content (AvgIpc) is 2.39. The van der Waals surface area contributed by atoms with Crippen molar-refractivity contribution in [3.8, 4) is 0 Å². The van der Waals surface area contributed by atoms with Crippen LogP contribution in [0.15, 0.2) is 0 Å². The smallest absolute Gasteiger partial charge is 0.0198 e. The van der Waals surface area contributed by atoms with Gasteiger partial charge in [0.25, 0.3) is 0 Å². The molecular weight excluding hydrogens is 222 g/mol. The maximum absolute atomic E-state index is 3.91. The number of nitrogens with zero attached hydrogens (tertiary/aromatic N) is 2. The minimum absolute atomic E-state index is 0.676. The van der Waals surface area contributed by atoms with Crippen LogP contribution in [-0.2, 0) is 0 Å². The summed E-state index contributed by atoms with van der Waals surface area (Å²) in [6.45, 7) is 11.0. The van der Waals surface area contributed by atoms with Gasteiger partial charge in [0.2, 0.25) is 0 Å². The third kappa shape index (κ3) is 3.94. The Morgan fingerprint density at radius 3 is 2.67 bits per heavy atom. The molecule has 3 atom stereocenters. The molecular formula is C15H31N3. The minimum atomic E-state index is 0.676. The predicted octanol–water partition coefficient (Wildman–Crippen LogP) is 1.79. The molecule has 0 amide bonds. The number of likely N-dealkylation sites (tertiary alicyclic amines) is 2. The summed E-state index contributed by atoms with van der Waals surface area (Å²) in [6.07, 6.45) is 5.51. The van der Waals surface area contributed by atoms with E-state index in [1.807, 2.05) is 0 Å². The quantitative estimate of drug-likeness (QED) is 0.824. The van der Waals surface area contributed by atoms with E-state index in [0.29, 0.717) is 6.04 Å². The zero-order valence-corrected chi connectivity index (χ0v) is 12.5. The second-order valence-electron chi connectivity index (χ2n) is 6.35. The van der Waals surface area contributed by atoms with Crippen LogP contribution in [0.5, 0.6) is 0 Å². The third-order valence-corrected chi connectivity index (χ3v) is 4.82. The van der Waals surface area contributed by atoms with Crippen LogP contribution >= 0.6 is 0 Å². The summed E-state index contributed by atoms with van der Waals surface area (Å²) in [5.41, 5.74) is 0. The minimum Gasteiger partial charge on any atom is -0.310 e. The molecule has 0 spiro atoms. The van der Waals surface area contributed by atoms with Gasteiger partial charge in [-0.2, -0.15) is 0 Å². The fourth-order valence-corrected chi connectivity index (χ4v) is 3.60. The molecule has 2 fully saturated rings. The Morgan fingerprint density at radius 2 is 1.94 bits per heavy atom. The van der Waals surface area contributed by atoms with Crippen LogP contribution in [0.2, 0.25) is 0 Å². The maximum Gasteiger partial charge on any atom is 0.0198 e. The first-order valence-electron chi connectivity index (χ1n) is 7.86. The van der Waals surface area contributed by atoms with Gasteiger partial charge in [-0.15, -0.1) is 0 Å². The van der Waals surface area contributed by atoms with Gasteiger partial charge in [-0.3, -0.25) is 0 Å². The molecule has 2 heterocycles. The van der Waals surface area contributed by atoms with E-state index < -0.39 is 0 Å². The molecule has 3 unspecified atom stereocenters. The highest BCUT2D eigenvalue weighted by molar-refractivity contribution is 4.85. The summed E-state index contributed by atoms with van der Waals surface area (Å²) in [5, 5.41) is 3.91. The Kier molecular flexibility index (Phi) is 5.46. The molecule has 2 aliphatic rings. The molecule has 1 N–H and O–H groups in total. The highest BCUT2D eigenvalue weighted by Crippen LogP contribution is 2.20. The van der Waals surface area contributed by atoms with Crippen LogP contribution in [0.3, 0.4) is 0 Å². The highest BCUT2D eigenvalue weighted by atomic mass is 15.2. The number of nitrogens with one attached hydrogen (secondary N) is 1. The molecule has 2 rings (SSSR count). The van der Waals surface area contributed by atoms with E-state index in [2.05, 4.69) is 36.0 Å². The van der Waals surface area contributed by atoms with Crippen LogP contribution < -0.4 is 5.32 Å². The lowest BCUT2D eigenvalue weighted by molar-refractivity contribution is 0.147. The van der Waals surface area contributed by atoms with Gasteiger partial charge in [0.05, 0.1) is 0 Å². The molecule has 0 aromatic carbocycles. The fourth-order valence-electron chi connectivity index (χ4n) is 3.60. The lowest BCUT2D eigenvalue weighted by Crippen LogP contribution is -2.52. The van der Waals surface area contributed by atoms with E-state index in [9.17, 15) is 0 Å². The molecule has 0 radical (unpaired) electrons. The molecule has 0 aromatic heterocycles. The van der Waals surface area contributed by atoms with Crippen LogP contribution in [-0.4, -0.2) is 61.7 Å². The van der Waals surface area contributed by atoms with Gasteiger partial charge in [-0.05, 0) is 65.2 Å². The molecule has 0 saturated carbocycles. The second-order valence-corrected chi connectivity index (χ2v) is 6.35. The molecule has 2 aliphatic heterocycles. The summed E-state index contributed by atoms with van der Waals surface area (Å²) in [5.74, 6) is 0.848. The molecule has 0 aliphatic carbocycles. The summed E-state index contributed by atoms with van der Waals surface area (Å²) in [7, 11) is 2.26. The Morgan fingerprint density at radius 1 is 1.17 bits per heavy atom. The Balaban J connectivity index is 1.77. The van der Waals surface area contributed by atoms with Crippen LogP contribution in [0.25, 0.3) is 0 Å². The van der Waals surface area contributed by atoms with Gasteiger partial charge in [-0.1, -0.05) is 6.92 Å². The Hall–Kier alpha value is -0.120. The van der Waals surface area contributed by atoms with E-state index >= 15 is 0 Å². The predicted molar refractivity (Wildman–Crippen MR) is 78.0 cm³/mol. The Bertz CT molecular complexity index is 244. The van der Waals surface area contributed by atoms with Gasteiger partial charge < -0.3 is 15.1 Å². The van der Waals surface area contributed by atoms with Gasteiger partial charge >= 0.3 is 0 Å². The number of hydrogen-bond donors (Lipinski definition) is 1.